The third-order valence-corrected chi connectivity index (χ3v) is 3.23. The van der Waals surface area contributed by atoms with E-state index >= 15 is 0 Å². The second-order valence-corrected chi connectivity index (χ2v) is 5.38. The van der Waals surface area contributed by atoms with E-state index in [0.717, 1.165) is 16.6 Å². The average Bonchev–Trinajstić information content (AvgIpc) is 2.46. The molecule has 0 aliphatic rings. The first-order chi connectivity index (χ1) is 9.65. The molecule has 0 atom stereocenters. The topological polar surface area (TPSA) is 41.5 Å². The summed E-state index contributed by atoms with van der Waals surface area (Å²) < 4.78 is 0.870. The van der Waals surface area contributed by atoms with E-state index in [1.807, 2.05) is 49.4 Å². The van der Waals surface area contributed by atoms with Gasteiger partial charge in [-0.05, 0) is 30.7 Å². The predicted octanol–water partition coefficient (Wildman–Crippen LogP) is 3.80. The first kappa shape index (κ1) is 14.5. The molecule has 0 saturated heterocycles. The molecule has 0 aromatic heterocycles. The van der Waals surface area contributed by atoms with Gasteiger partial charge in [0.05, 0.1) is 0 Å². The van der Waals surface area contributed by atoms with E-state index in [2.05, 4.69) is 26.5 Å². The lowest BCUT2D eigenvalue weighted by Crippen LogP contribution is -2.19. The molecule has 20 heavy (non-hydrogen) atoms. The first-order valence-electron chi connectivity index (χ1n) is 6.28. The molecule has 0 saturated carbocycles. The lowest BCUT2D eigenvalue weighted by Gasteiger charge is -2.03. The summed E-state index contributed by atoms with van der Waals surface area (Å²) in [6, 6.07) is 17.2. The van der Waals surface area contributed by atoms with Crippen molar-refractivity contribution >= 4 is 27.5 Å². The van der Waals surface area contributed by atoms with Crippen LogP contribution in [0.4, 0.5) is 0 Å². The summed E-state index contributed by atoms with van der Waals surface area (Å²) in [6.07, 6.45) is 0.722. The molecular weight excluding hydrogens is 316 g/mol. The minimum Gasteiger partial charge on any atom is -0.267 e. The second kappa shape index (κ2) is 7.01. The molecule has 0 spiro atoms. The molecule has 0 aliphatic carbocycles. The summed E-state index contributed by atoms with van der Waals surface area (Å²) >= 11 is 3.34. The van der Waals surface area contributed by atoms with Crippen molar-refractivity contribution in [3.8, 4) is 0 Å². The molecule has 4 heteroatoms. The van der Waals surface area contributed by atoms with Crippen molar-refractivity contribution in [2.45, 2.75) is 13.3 Å². The van der Waals surface area contributed by atoms with Crippen molar-refractivity contribution in [1.29, 1.82) is 0 Å². The smallest absolute Gasteiger partial charge is 0.267 e. The first-order valence-corrected chi connectivity index (χ1v) is 7.07. The second-order valence-electron chi connectivity index (χ2n) is 4.46. The van der Waals surface area contributed by atoms with Crippen LogP contribution in [-0.2, 0) is 6.42 Å². The Morgan fingerprint density at radius 2 is 1.90 bits per heavy atom. The number of halogens is 1. The third kappa shape index (κ3) is 4.31. The highest BCUT2D eigenvalue weighted by Gasteiger charge is 2.04. The minimum atomic E-state index is -0.210. The number of carbonyl (C=O) groups excluding carboxylic acids is 1. The van der Waals surface area contributed by atoms with Gasteiger partial charge in [-0.3, -0.25) is 4.79 Å². The SMILES string of the molecule is C/C(Cc1ccccc1)=N\NC(=O)c1cccc(Br)c1. The Kier molecular flexibility index (Phi) is 5.07. The van der Waals surface area contributed by atoms with E-state index in [1.165, 1.54) is 5.56 Å². The maximum Gasteiger partial charge on any atom is 0.271 e. The van der Waals surface area contributed by atoms with Gasteiger partial charge < -0.3 is 0 Å². The molecule has 1 amide bonds. The monoisotopic (exact) mass is 330 g/mol. The minimum absolute atomic E-state index is 0.210. The van der Waals surface area contributed by atoms with Gasteiger partial charge in [0.15, 0.2) is 0 Å². The largest absolute Gasteiger partial charge is 0.271 e. The summed E-state index contributed by atoms with van der Waals surface area (Å²) in [7, 11) is 0. The number of hydrogen-bond acceptors (Lipinski definition) is 2. The van der Waals surface area contributed by atoms with Gasteiger partial charge in [-0.1, -0.05) is 52.3 Å². The van der Waals surface area contributed by atoms with Crippen molar-refractivity contribution in [3.63, 3.8) is 0 Å². The number of carbonyl (C=O) groups is 1. The van der Waals surface area contributed by atoms with Gasteiger partial charge in [-0.2, -0.15) is 5.10 Å². The summed E-state index contributed by atoms with van der Waals surface area (Å²) in [5.74, 6) is -0.210. The molecule has 2 aromatic rings. The van der Waals surface area contributed by atoms with E-state index in [0.29, 0.717) is 5.56 Å². The van der Waals surface area contributed by atoms with Crippen molar-refractivity contribution in [2.75, 3.05) is 0 Å². The zero-order valence-corrected chi connectivity index (χ0v) is 12.7. The van der Waals surface area contributed by atoms with Gasteiger partial charge in [0.2, 0.25) is 0 Å². The van der Waals surface area contributed by atoms with E-state index in [1.54, 1.807) is 12.1 Å². The molecule has 2 rings (SSSR count). The summed E-state index contributed by atoms with van der Waals surface area (Å²) in [5.41, 5.74) is 5.19. The van der Waals surface area contributed by atoms with Crippen molar-refractivity contribution < 1.29 is 4.79 Å². The zero-order chi connectivity index (χ0) is 14.4. The number of hydrogen-bond donors (Lipinski definition) is 1. The van der Waals surface area contributed by atoms with Gasteiger partial charge >= 0.3 is 0 Å². The highest BCUT2D eigenvalue weighted by Crippen LogP contribution is 2.11. The number of nitrogens with one attached hydrogen (secondary N) is 1. The van der Waals surface area contributed by atoms with Gasteiger partial charge in [0.25, 0.3) is 5.91 Å². The van der Waals surface area contributed by atoms with Crippen LogP contribution in [0.5, 0.6) is 0 Å². The molecule has 0 heterocycles. The Morgan fingerprint density at radius 1 is 1.15 bits per heavy atom. The average molecular weight is 331 g/mol. The predicted molar refractivity (Wildman–Crippen MR) is 84.9 cm³/mol. The van der Waals surface area contributed by atoms with Crippen molar-refractivity contribution in [1.82, 2.24) is 5.43 Å². The van der Waals surface area contributed by atoms with E-state index in [-0.39, 0.29) is 5.91 Å². The Bertz CT molecular complexity index is 623. The van der Waals surface area contributed by atoms with Crippen LogP contribution in [0.25, 0.3) is 0 Å². The maximum absolute atomic E-state index is 11.9. The van der Waals surface area contributed by atoms with Crippen molar-refractivity contribution in [2.24, 2.45) is 5.10 Å². The lowest BCUT2D eigenvalue weighted by atomic mass is 10.1. The van der Waals surface area contributed by atoms with E-state index in [4.69, 9.17) is 0 Å². The molecular formula is C16H15BrN2O. The van der Waals surface area contributed by atoms with E-state index in [9.17, 15) is 4.79 Å². The molecule has 0 aliphatic heterocycles. The Balaban J connectivity index is 1.96. The van der Waals surface area contributed by atoms with Gasteiger partial charge in [-0.15, -0.1) is 0 Å². The number of amides is 1. The fourth-order valence-electron chi connectivity index (χ4n) is 1.77. The maximum atomic E-state index is 11.9. The lowest BCUT2D eigenvalue weighted by molar-refractivity contribution is 0.0954. The summed E-state index contributed by atoms with van der Waals surface area (Å²) in [4.78, 5) is 11.9. The molecule has 1 N–H and O–H groups in total. The summed E-state index contributed by atoms with van der Waals surface area (Å²) in [6.45, 7) is 1.90. The van der Waals surface area contributed by atoms with Crippen LogP contribution in [0.15, 0.2) is 64.2 Å². The van der Waals surface area contributed by atoms with Gasteiger partial charge in [0.1, 0.15) is 0 Å². The number of rotatable bonds is 4. The summed E-state index contributed by atoms with van der Waals surface area (Å²) in [5, 5.41) is 4.13. The van der Waals surface area contributed by atoms with Crippen LogP contribution >= 0.6 is 15.9 Å². The van der Waals surface area contributed by atoms with Crippen LogP contribution in [-0.4, -0.2) is 11.6 Å². The van der Waals surface area contributed by atoms with Crippen LogP contribution in [0.2, 0.25) is 0 Å². The fraction of sp³-hybridized carbons (Fsp3) is 0.125. The molecule has 0 bridgehead atoms. The normalized spacial score (nSPS) is 11.2. The number of hydrazone groups is 1. The van der Waals surface area contributed by atoms with Crippen LogP contribution in [0.3, 0.4) is 0 Å². The van der Waals surface area contributed by atoms with Crippen molar-refractivity contribution in [3.05, 3.63) is 70.2 Å². The van der Waals surface area contributed by atoms with Crippen LogP contribution < -0.4 is 5.43 Å². The van der Waals surface area contributed by atoms with E-state index < -0.39 is 0 Å². The fourth-order valence-corrected chi connectivity index (χ4v) is 2.17. The Labute approximate surface area is 126 Å². The third-order valence-electron chi connectivity index (χ3n) is 2.74. The molecule has 0 unspecified atom stereocenters. The Morgan fingerprint density at radius 3 is 2.60 bits per heavy atom. The van der Waals surface area contributed by atoms with Gasteiger partial charge in [-0.25, -0.2) is 5.43 Å². The number of nitrogens with zero attached hydrogens (tertiary/aromatic N) is 1. The highest BCUT2D eigenvalue weighted by atomic mass is 79.9. The zero-order valence-electron chi connectivity index (χ0n) is 11.1. The quantitative estimate of drug-likeness (QED) is 0.672. The Hall–Kier alpha value is -1.94. The highest BCUT2D eigenvalue weighted by molar-refractivity contribution is 9.10. The van der Waals surface area contributed by atoms with Crippen LogP contribution in [0, 0.1) is 0 Å². The molecule has 3 nitrogen and oxygen atoms in total. The standard InChI is InChI=1S/C16H15BrN2O/c1-12(10-13-6-3-2-4-7-13)18-19-16(20)14-8-5-9-15(17)11-14/h2-9,11H,10H2,1H3,(H,19,20)/b18-12+. The van der Waals surface area contributed by atoms with Crippen LogP contribution in [0.1, 0.15) is 22.8 Å². The molecule has 0 radical (unpaired) electrons. The molecule has 102 valence electrons. The van der Waals surface area contributed by atoms with Gasteiger partial charge in [0, 0.05) is 22.2 Å². The molecule has 2 aromatic carbocycles. The molecule has 0 fully saturated rings. The number of benzene rings is 2.